The van der Waals surface area contributed by atoms with Crippen LogP contribution in [-0.2, 0) is 6.54 Å². The molecule has 3 rings (SSSR count). The molecule has 0 bridgehead atoms. The van der Waals surface area contributed by atoms with Crippen molar-refractivity contribution in [3.8, 4) is 0 Å². The van der Waals surface area contributed by atoms with Crippen molar-refractivity contribution < 1.29 is 0 Å². The van der Waals surface area contributed by atoms with Gasteiger partial charge in [0.05, 0.1) is 0 Å². The van der Waals surface area contributed by atoms with Crippen LogP contribution in [0.25, 0.3) is 0 Å². The molecule has 0 unspecified atom stereocenters. The standard InChI is InChI=1S/C14H19BrN2/c15-12-4-1-10(13(16)7-12)8-17-9-14(5-6-14)11-2-3-11/h1,4,7,11,17H,2-3,5-6,8-9,16H2. The highest BCUT2D eigenvalue weighted by Gasteiger charge is 2.53. The molecule has 0 spiro atoms. The smallest absolute Gasteiger partial charge is 0.0370 e. The molecule has 2 aliphatic rings. The zero-order valence-electron chi connectivity index (χ0n) is 10.0. The van der Waals surface area contributed by atoms with Gasteiger partial charge >= 0.3 is 0 Å². The van der Waals surface area contributed by atoms with Crippen molar-refractivity contribution in [3.05, 3.63) is 28.2 Å². The summed E-state index contributed by atoms with van der Waals surface area (Å²) in [4.78, 5) is 0. The van der Waals surface area contributed by atoms with Crippen LogP contribution in [0.4, 0.5) is 5.69 Å². The molecule has 92 valence electrons. The fourth-order valence-electron chi connectivity index (χ4n) is 2.76. The Bertz CT molecular complexity index is 422. The van der Waals surface area contributed by atoms with Crippen LogP contribution in [0.5, 0.6) is 0 Å². The lowest BCUT2D eigenvalue weighted by Crippen LogP contribution is -2.25. The fourth-order valence-corrected chi connectivity index (χ4v) is 3.14. The normalized spacial score (nSPS) is 21.5. The lowest BCUT2D eigenvalue weighted by molar-refractivity contribution is 0.403. The van der Waals surface area contributed by atoms with Gasteiger partial charge in [-0.15, -0.1) is 0 Å². The Morgan fingerprint density at radius 3 is 2.71 bits per heavy atom. The number of nitrogen functional groups attached to an aromatic ring is 1. The molecule has 0 aliphatic heterocycles. The first-order chi connectivity index (χ1) is 8.20. The van der Waals surface area contributed by atoms with E-state index >= 15 is 0 Å². The number of nitrogens with one attached hydrogen (secondary N) is 1. The van der Waals surface area contributed by atoms with Crippen molar-refractivity contribution in [1.29, 1.82) is 0 Å². The summed E-state index contributed by atoms with van der Waals surface area (Å²) in [5.41, 5.74) is 8.75. The van der Waals surface area contributed by atoms with E-state index < -0.39 is 0 Å². The first-order valence-electron chi connectivity index (χ1n) is 6.44. The molecule has 0 amide bonds. The number of halogens is 1. The average molecular weight is 295 g/mol. The van der Waals surface area contributed by atoms with Gasteiger partial charge < -0.3 is 11.1 Å². The Morgan fingerprint density at radius 1 is 1.35 bits per heavy atom. The number of anilines is 1. The highest BCUT2D eigenvalue weighted by Crippen LogP contribution is 2.60. The van der Waals surface area contributed by atoms with Crippen molar-refractivity contribution in [2.75, 3.05) is 12.3 Å². The van der Waals surface area contributed by atoms with E-state index in [9.17, 15) is 0 Å². The summed E-state index contributed by atoms with van der Waals surface area (Å²) in [6.07, 6.45) is 5.78. The minimum absolute atomic E-state index is 0.671. The quantitative estimate of drug-likeness (QED) is 0.818. The Hall–Kier alpha value is -0.540. The van der Waals surface area contributed by atoms with Gasteiger partial charge in [-0.05, 0) is 54.7 Å². The first-order valence-corrected chi connectivity index (χ1v) is 7.24. The SMILES string of the molecule is Nc1cc(Br)ccc1CNCC1(C2CC2)CC1. The van der Waals surface area contributed by atoms with Crippen LogP contribution in [0.2, 0.25) is 0 Å². The molecule has 0 radical (unpaired) electrons. The number of benzene rings is 1. The summed E-state index contributed by atoms with van der Waals surface area (Å²) in [7, 11) is 0. The average Bonchev–Trinajstić information content (AvgIpc) is 3.14. The van der Waals surface area contributed by atoms with Crippen LogP contribution in [0.3, 0.4) is 0 Å². The third-order valence-electron chi connectivity index (χ3n) is 4.24. The van der Waals surface area contributed by atoms with E-state index in [2.05, 4.69) is 33.4 Å². The maximum Gasteiger partial charge on any atom is 0.0370 e. The maximum absolute atomic E-state index is 5.99. The van der Waals surface area contributed by atoms with Gasteiger partial charge in [-0.2, -0.15) is 0 Å². The van der Waals surface area contributed by atoms with Crippen LogP contribution in [-0.4, -0.2) is 6.54 Å². The van der Waals surface area contributed by atoms with Crippen LogP contribution in [0.1, 0.15) is 31.2 Å². The Morgan fingerprint density at radius 2 is 2.12 bits per heavy atom. The van der Waals surface area contributed by atoms with Crippen molar-refractivity contribution in [2.24, 2.45) is 11.3 Å². The highest BCUT2D eigenvalue weighted by molar-refractivity contribution is 9.10. The molecule has 1 aromatic carbocycles. The third kappa shape index (κ3) is 2.50. The van der Waals surface area contributed by atoms with E-state index in [0.29, 0.717) is 5.41 Å². The van der Waals surface area contributed by atoms with Gasteiger partial charge in [-0.25, -0.2) is 0 Å². The fraction of sp³-hybridized carbons (Fsp3) is 0.571. The zero-order valence-corrected chi connectivity index (χ0v) is 11.6. The number of hydrogen-bond acceptors (Lipinski definition) is 2. The molecule has 0 atom stereocenters. The van der Waals surface area contributed by atoms with E-state index in [1.807, 2.05) is 6.07 Å². The molecule has 0 saturated heterocycles. The summed E-state index contributed by atoms with van der Waals surface area (Å²) < 4.78 is 1.05. The number of nitrogens with two attached hydrogens (primary N) is 1. The van der Waals surface area contributed by atoms with Gasteiger partial charge in [0, 0.05) is 23.2 Å². The molecule has 2 fully saturated rings. The van der Waals surface area contributed by atoms with Gasteiger partial charge in [-0.1, -0.05) is 22.0 Å². The minimum Gasteiger partial charge on any atom is -0.398 e. The lowest BCUT2D eigenvalue weighted by Gasteiger charge is -2.15. The lowest BCUT2D eigenvalue weighted by atomic mass is 10.0. The van der Waals surface area contributed by atoms with Crippen molar-refractivity contribution in [2.45, 2.75) is 32.2 Å². The van der Waals surface area contributed by atoms with Crippen molar-refractivity contribution in [1.82, 2.24) is 5.32 Å². The summed E-state index contributed by atoms with van der Waals surface area (Å²) in [6.45, 7) is 2.07. The molecule has 0 heterocycles. The second-order valence-electron chi connectivity index (χ2n) is 5.58. The molecule has 1 aromatic rings. The second-order valence-corrected chi connectivity index (χ2v) is 6.50. The summed E-state index contributed by atoms with van der Waals surface area (Å²) in [5.74, 6) is 1.03. The van der Waals surface area contributed by atoms with Gasteiger partial charge in [0.25, 0.3) is 0 Å². The van der Waals surface area contributed by atoms with Gasteiger partial charge in [-0.3, -0.25) is 0 Å². The number of hydrogen-bond donors (Lipinski definition) is 2. The molecular formula is C14H19BrN2. The molecule has 17 heavy (non-hydrogen) atoms. The zero-order chi connectivity index (χ0) is 11.9. The topological polar surface area (TPSA) is 38.0 Å². The van der Waals surface area contributed by atoms with Crippen molar-refractivity contribution >= 4 is 21.6 Å². The Balaban J connectivity index is 1.53. The maximum atomic E-state index is 5.99. The molecule has 2 nitrogen and oxygen atoms in total. The molecule has 2 aliphatic carbocycles. The van der Waals surface area contributed by atoms with Crippen LogP contribution < -0.4 is 11.1 Å². The predicted octanol–water partition coefficient (Wildman–Crippen LogP) is 3.31. The molecule has 2 saturated carbocycles. The van der Waals surface area contributed by atoms with E-state index in [4.69, 9.17) is 5.73 Å². The second kappa shape index (κ2) is 4.29. The van der Waals surface area contributed by atoms with Gasteiger partial charge in [0.2, 0.25) is 0 Å². The molecular weight excluding hydrogens is 276 g/mol. The van der Waals surface area contributed by atoms with Crippen LogP contribution >= 0.6 is 15.9 Å². The van der Waals surface area contributed by atoms with E-state index in [-0.39, 0.29) is 0 Å². The van der Waals surface area contributed by atoms with E-state index in [1.165, 1.54) is 37.8 Å². The Labute approximate surface area is 111 Å². The first kappa shape index (κ1) is 11.5. The largest absolute Gasteiger partial charge is 0.398 e. The molecule has 0 aromatic heterocycles. The Kier molecular flexibility index (Phi) is 2.91. The molecule has 3 heteroatoms. The monoisotopic (exact) mass is 294 g/mol. The van der Waals surface area contributed by atoms with E-state index in [1.54, 1.807) is 0 Å². The predicted molar refractivity (Wildman–Crippen MR) is 74.7 cm³/mol. The summed E-state index contributed by atoms with van der Waals surface area (Å²) >= 11 is 3.43. The highest BCUT2D eigenvalue weighted by atomic mass is 79.9. The number of rotatable bonds is 5. The third-order valence-corrected chi connectivity index (χ3v) is 4.73. The van der Waals surface area contributed by atoms with Crippen molar-refractivity contribution in [3.63, 3.8) is 0 Å². The van der Waals surface area contributed by atoms with Gasteiger partial charge in [0.1, 0.15) is 0 Å². The van der Waals surface area contributed by atoms with Crippen LogP contribution in [0, 0.1) is 11.3 Å². The van der Waals surface area contributed by atoms with Gasteiger partial charge in [0.15, 0.2) is 0 Å². The van der Waals surface area contributed by atoms with E-state index in [0.717, 1.165) is 22.6 Å². The molecule has 3 N–H and O–H groups in total. The summed E-state index contributed by atoms with van der Waals surface area (Å²) in [6, 6.07) is 6.13. The van der Waals surface area contributed by atoms with Crippen LogP contribution in [0.15, 0.2) is 22.7 Å². The summed E-state index contributed by atoms with van der Waals surface area (Å²) in [5, 5.41) is 3.59. The minimum atomic E-state index is 0.671.